The van der Waals surface area contributed by atoms with Gasteiger partial charge >= 0.3 is 101 Å². The van der Waals surface area contributed by atoms with Crippen LogP contribution in [0.15, 0.2) is 0 Å². The Morgan fingerprint density at radius 1 is 0.923 bits per heavy atom. The van der Waals surface area contributed by atoms with Gasteiger partial charge in [-0.05, 0) is 0 Å². The maximum atomic E-state index is 9.03. The molecule has 0 fully saturated rings. The van der Waals surface area contributed by atoms with E-state index in [0.29, 0.717) is 0 Å². The van der Waals surface area contributed by atoms with Crippen LogP contribution in [-0.2, 0) is 0 Å². The van der Waals surface area contributed by atoms with Gasteiger partial charge in [0, 0.05) is 0 Å². The summed E-state index contributed by atoms with van der Waals surface area (Å²) in [7, 11) is 0. The SMILES string of the molecule is CC(O)CCCCCCCC[CH2][Na]. The quantitative estimate of drug-likeness (QED) is 0.442. The number of aliphatic hydroxyl groups excluding tert-OH is 1. The van der Waals surface area contributed by atoms with Crippen molar-refractivity contribution in [3.8, 4) is 0 Å². The molecule has 0 amide bonds. The van der Waals surface area contributed by atoms with Crippen LogP contribution in [0.5, 0.6) is 0 Å². The summed E-state index contributed by atoms with van der Waals surface area (Å²) in [5, 5.41) is 9.03. The van der Waals surface area contributed by atoms with E-state index in [0.717, 1.165) is 6.42 Å². The van der Waals surface area contributed by atoms with E-state index < -0.39 is 0 Å². The number of hydrogen-bond donors (Lipinski definition) is 1. The summed E-state index contributed by atoms with van der Waals surface area (Å²) in [6.07, 6.45) is 10.5. The van der Waals surface area contributed by atoms with E-state index in [1.165, 1.54) is 76.5 Å². The van der Waals surface area contributed by atoms with Crippen LogP contribution in [0.1, 0.15) is 58.3 Å². The Morgan fingerprint density at radius 2 is 1.38 bits per heavy atom. The zero-order valence-corrected chi connectivity index (χ0v) is 11.4. The van der Waals surface area contributed by atoms with Crippen molar-refractivity contribution in [2.24, 2.45) is 0 Å². The zero-order valence-electron chi connectivity index (χ0n) is 9.39. The molecular weight excluding hydrogens is 171 g/mol. The Bertz CT molecular complexity index is 94.1. The molecule has 0 aromatic rings. The normalized spacial score (nSPS) is 13.2. The summed E-state index contributed by atoms with van der Waals surface area (Å²) >= 11 is 1.38. The van der Waals surface area contributed by atoms with Crippen molar-refractivity contribution in [2.45, 2.75) is 68.1 Å². The molecule has 1 atom stereocenters. The molecule has 0 aliphatic rings. The van der Waals surface area contributed by atoms with E-state index in [1.54, 1.807) is 0 Å². The molecule has 0 aliphatic heterocycles. The van der Waals surface area contributed by atoms with Crippen LogP contribution >= 0.6 is 0 Å². The molecule has 0 bridgehead atoms. The Labute approximate surface area is 101 Å². The van der Waals surface area contributed by atoms with E-state index in [2.05, 4.69) is 0 Å². The Kier molecular flexibility index (Phi) is 11.9. The fourth-order valence-corrected chi connectivity index (χ4v) is 2.07. The Morgan fingerprint density at radius 3 is 1.85 bits per heavy atom. The van der Waals surface area contributed by atoms with Gasteiger partial charge in [0.05, 0.1) is 0 Å². The van der Waals surface area contributed by atoms with Crippen LogP contribution in [0.4, 0.5) is 0 Å². The molecule has 74 valence electrons. The van der Waals surface area contributed by atoms with Crippen molar-refractivity contribution in [1.29, 1.82) is 0 Å². The van der Waals surface area contributed by atoms with Gasteiger partial charge in [-0.1, -0.05) is 0 Å². The van der Waals surface area contributed by atoms with Crippen molar-refractivity contribution < 1.29 is 5.11 Å². The number of unbranched alkanes of at least 4 members (excludes halogenated alkanes) is 6. The van der Waals surface area contributed by atoms with Gasteiger partial charge in [0.1, 0.15) is 0 Å². The van der Waals surface area contributed by atoms with Gasteiger partial charge in [-0.25, -0.2) is 0 Å². The molecule has 0 saturated heterocycles. The number of rotatable bonds is 9. The minimum absolute atomic E-state index is 0.0925. The molecule has 0 radical (unpaired) electrons. The summed E-state index contributed by atoms with van der Waals surface area (Å²) in [4.78, 5) is 0. The van der Waals surface area contributed by atoms with E-state index in [-0.39, 0.29) is 6.10 Å². The average Bonchev–Trinajstić information content (AvgIpc) is 2.09. The average molecular weight is 194 g/mol. The topological polar surface area (TPSA) is 20.2 Å². The van der Waals surface area contributed by atoms with Crippen molar-refractivity contribution in [3.63, 3.8) is 0 Å². The second-order valence-electron chi connectivity index (χ2n) is 4.11. The van der Waals surface area contributed by atoms with Gasteiger partial charge in [-0.15, -0.1) is 0 Å². The summed E-state index contributed by atoms with van der Waals surface area (Å²) in [5.74, 6) is 0. The van der Waals surface area contributed by atoms with Gasteiger partial charge in [0.15, 0.2) is 0 Å². The van der Waals surface area contributed by atoms with E-state index in [9.17, 15) is 0 Å². The molecule has 0 heterocycles. The third-order valence-corrected chi connectivity index (χ3v) is 3.18. The molecule has 1 N–H and O–H groups in total. The van der Waals surface area contributed by atoms with Gasteiger partial charge in [-0.2, -0.15) is 0 Å². The molecular formula is C11H23NaO. The van der Waals surface area contributed by atoms with Gasteiger partial charge < -0.3 is 0 Å². The van der Waals surface area contributed by atoms with Crippen LogP contribution in [-0.4, -0.2) is 39.1 Å². The minimum atomic E-state index is -0.0925. The van der Waals surface area contributed by atoms with E-state index in [1.807, 2.05) is 6.92 Å². The molecule has 0 aromatic heterocycles. The molecule has 0 rings (SSSR count). The summed E-state index contributed by atoms with van der Waals surface area (Å²) < 4.78 is 1.47. The van der Waals surface area contributed by atoms with Gasteiger partial charge in [-0.3, -0.25) is 0 Å². The zero-order chi connectivity index (χ0) is 9.94. The first-order chi connectivity index (χ1) is 6.27. The van der Waals surface area contributed by atoms with Crippen molar-refractivity contribution in [2.75, 3.05) is 0 Å². The first kappa shape index (κ1) is 14.0. The predicted molar refractivity (Wildman–Crippen MR) is 59.2 cm³/mol. The summed E-state index contributed by atoms with van der Waals surface area (Å²) in [6.45, 7) is 1.88. The van der Waals surface area contributed by atoms with Crippen molar-refractivity contribution in [1.82, 2.24) is 0 Å². The molecule has 0 aromatic carbocycles. The molecule has 2 heteroatoms. The molecule has 0 spiro atoms. The first-order valence-corrected chi connectivity index (χ1v) is 7.37. The summed E-state index contributed by atoms with van der Waals surface area (Å²) in [5.41, 5.74) is 0. The molecule has 1 nitrogen and oxygen atoms in total. The summed E-state index contributed by atoms with van der Waals surface area (Å²) in [6, 6.07) is 0. The maximum absolute atomic E-state index is 9.03. The molecule has 13 heavy (non-hydrogen) atoms. The monoisotopic (exact) mass is 194 g/mol. The van der Waals surface area contributed by atoms with E-state index >= 15 is 0 Å². The number of hydrogen-bond acceptors (Lipinski definition) is 1. The van der Waals surface area contributed by atoms with Crippen molar-refractivity contribution in [3.05, 3.63) is 0 Å². The van der Waals surface area contributed by atoms with Crippen LogP contribution in [0.3, 0.4) is 0 Å². The second kappa shape index (κ2) is 11.0. The first-order valence-electron chi connectivity index (χ1n) is 5.95. The molecule has 0 aliphatic carbocycles. The Hall–Kier alpha value is 0.960. The second-order valence-corrected chi connectivity index (χ2v) is 5.11. The standard InChI is InChI=1S/C11H23O.Na/c1-3-4-5-6-7-8-9-10-11(2)12;/h11-12H,1,3-10H2,2H3;. The predicted octanol–water partition coefficient (Wildman–Crippen LogP) is 3.07. The van der Waals surface area contributed by atoms with Crippen LogP contribution in [0.2, 0.25) is 3.67 Å². The van der Waals surface area contributed by atoms with Crippen LogP contribution in [0.25, 0.3) is 0 Å². The van der Waals surface area contributed by atoms with E-state index in [4.69, 9.17) is 5.11 Å². The molecule has 1 unspecified atom stereocenters. The third kappa shape index (κ3) is 13.0. The van der Waals surface area contributed by atoms with Gasteiger partial charge in [0.25, 0.3) is 0 Å². The third-order valence-electron chi connectivity index (χ3n) is 2.48. The van der Waals surface area contributed by atoms with Crippen molar-refractivity contribution >= 4 is 27.9 Å². The Balaban J connectivity index is 2.84. The fourth-order valence-electron chi connectivity index (χ4n) is 1.57. The van der Waals surface area contributed by atoms with Crippen LogP contribution < -0.4 is 0 Å². The fraction of sp³-hybridized carbons (Fsp3) is 1.00. The van der Waals surface area contributed by atoms with Crippen LogP contribution in [0, 0.1) is 0 Å². The number of aliphatic hydroxyl groups is 1. The molecule has 0 saturated carbocycles. The van der Waals surface area contributed by atoms with Gasteiger partial charge in [0.2, 0.25) is 0 Å².